The molecule has 0 saturated carbocycles. The minimum atomic E-state index is -0.245. The number of aromatic nitrogens is 1. The van der Waals surface area contributed by atoms with Crippen molar-refractivity contribution in [3.8, 4) is 0 Å². The number of rotatable bonds is 4. The van der Waals surface area contributed by atoms with Gasteiger partial charge in [0.2, 0.25) is 0 Å². The van der Waals surface area contributed by atoms with Crippen LogP contribution in [0.4, 0.5) is 10.1 Å². The predicted molar refractivity (Wildman–Crippen MR) is 86.8 cm³/mol. The Labute approximate surface area is 132 Å². The van der Waals surface area contributed by atoms with Crippen LogP contribution in [0.25, 0.3) is 10.9 Å². The largest absolute Gasteiger partial charge is 0.383 e. The summed E-state index contributed by atoms with van der Waals surface area (Å²) in [5.41, 5.74) is 1.76. The van der Waals surface area contributed by atoms with Gasteiger partial charge in [-0.3, -0.25) is 0 Å². The van der Waals surface area contributed by atoms with Crippen molar-refractivity contribution in [2.75, 3.05) is 11.9 Å². The molecular formula is C16H13Cl2FN2. The van der Waals surface area contributed by atoms with E-state index < -0.39 is 0 Å². The Bertz CT molecular complexity index is 783. The lowest BCUT2D eigenvalue weighted by Gasteiger charge is -2.09. The number of benzene rings is 2. The molecule has 1 heterocycles. The maximum atomic E-state index is 13.1. The maximum Gasteiger partial charge on any atom is 0.125 e. The molecule has 1 aromatic heterocycles. The molecular weight excluding hydrogens is 310 g/mol. The molecule has 0 spiro atoms. The van der Waals surface area contributed by atoms with Crippen molar-refractivity contribution in [1.29, 1.82) is 0 Å². The molecule has 21 heavy (non-hydrogen) atoms. The topological polar surface area (TPSA) is 17.0 Å². The van der Waals surface area contributed by atoms with Crippen LogP contribution in [0.15, 0.2) is 48.7 Å². The van der Waals surface area contributed by atoms with E-state index in [1.807, 2.05) is 24.4 Å². The summed E-state index contributed by atoms with van der Waals surface area (Å²) in [5.74, 6) is -0.245. The standard InChI is InChI=1S/C16H13Cl2FN2/c17-11-8-15(18)14-4-6-21(16(14)9-11)7-5-20-13-3-1-2-12(19)10-13/h1-4,6,8-10,20H,5,7H2. The van der Waals surface area contributed by atoms with E-state index >= 15 is 0 Å². The van der Waals surface area contributed by atoms with E-state index in [9.17, 15) is 4.39 Å². The number of anilines is 1. The number of nitrogens with zero attached hydrogens (tertiary/aromatic N) is 1. The number of fused-ring (bicyclic) bond motifs is 1. The number of halogens is 3. The lowest BCUT2D eigenvalue weighted by Crippen LogP contribution is -2.09. The molecule has 0 fully saturated rings. The van der Waals surface area contributed by atoms with Gasteiger partial charge in [0.25, 0.3) is 0 Å². The predicted octanol–water partition coefficient (Wildman–Crippen LogP) is 5.20. The lowest BCUT2D eigenvalue weighted by atomic mass is 10.2. The Morgan fingerprint density at radius 3 is 2.76 bits per heavy atom. The van der Waals surface area contributed by atoms with Gasteiger partial charge in [-0.25, -0.2) is 4.39 Å². The Kier molecular flexibility index (Phi) is 4.04. The Hall–Kier alpha value is -1.71. The summed E-state index contributed by atoms with van der Waals surface area (Å²) in [7, 11) is 0. The van der Waals surface area contributed by atoms with Crippen molar-refractivity contribution in [2.45, 2.75) is 6.54 Å². The number of hydrogen-bond donors (Lipinski definition) is 1. The van der Waals surface area contributed by atoms with Gasteiger partial charge in [0, 0.05) is 35.4 Å². The first-order valence-corrected chi connectivity index (χ1v) is 7.32. The summed E-state index contributed by atoms with van der Waals surface area (Å²) in [6.07, 6.45) is 1.97. The van der Waals surface area contributed by atoms with Gasteiger partial charge in [-0.05, 0) is 36.4 Å². The molecule has 0 atom stereocenters. The zero-order chi connectivity index (χ0) is 14.8. The lowest BCUT2D eigenvalue weighted by molar-refractivity contribution is 0.628. The van der Waals surface area contributed by atoms with E-state index in [0.29, 0.717) is 16.6 Å². The van der Waals surface area contributed by atoms with E-state index in [2.05, 4.69) is 9.88 Å². The SMILES string of the molecule is Fc1cccc(NCCn2ccc3c(Cl)cc(Cl)cc32)c1. The van der Waals surface area contributed by atoms with Crippen molar-refractivity contribution >= 4 is 39.8 Å². The first-order valence-electron chi connectivity index (χ1n) is 6.57. The molecule has 1 N–H and O–H groups in total. The summed E-state index contributed by atoms with van der Waals surface area (Å²) in [5, 5.41) is 5.43. The second-order valence-corrected chi connectivity index (χ2v) is 5.61. The van der Waals surface area contributed by atoms with E-state index in [0.717, 1.165) is 23.1 Å². The Morgan fingerprint density at radius 1 is 1.10 bits per heavy atom. The molecule has 0 saturated heterocycles. The zero-order valence-electron chi connectivity index (χ0n) is 11.1. The molecule has 5 heteroatoms. The first kappa shape index (κ1) is 14.2. The third-order valence-corrected chi connectivity index (χ3v) is 3.84. The van der Waals surface area contributed by atoms with E-state index in [4.69, 9.17) is 23.2 Å². The molecule has 0 amide bonds. The highest BCUT2D eigenvalue weighted by molar-refractivity contribution is 6.38. The van der Waals surface area contributed by atoms with Crippen molar-refractivity contribution in [3.63, 3.8) is 0 Å². The molecule has 0 radical (unpaired) electrons. The Morgan fingerprint density at radius 2 is 1.95 bits per heavy atom. The van der Waals surface area contributed by atoms with Crippen LogP contribution >= 0.6 is 23.2 Å². The molecule has 0 aliphatic rings. The normalized spacial score (nSPS) is 11.0. The average molecular weight is 323 g/mol. The van der Waals surface area contributed by atoms with Gasteiger partial charge in [0.15, 0.2) is 0 Å². The van der Waals surface area contributed by atoms with E-state index in [1.165, 1.54) is 12.1 Å². The van der Waals surface area contributed by atoms with Crippen LogP contribution < -0.4 is 5.32 Å². The third kappa shape index (κ3) is 3.14. The first-order chi connectivity index (χ1) is 10.1. The van der Waals surface area contributed by atoms with Crippen LogP contribution in [0.5, 0.6) is 0 Å². The van der Waals surface area contributed by atoms with Crippen molar-refractivity contribution in [3.05, 3.63) is 64.5 Å². The highest BCUT2D eigenvalue weighted by atomic mass is 35.5. The fourth-order valence-corrected chi connectivity index (χ4v) is 2.88. The molecule has 0 bridgehead atoms. The minimum absolute atomic E-state index is 0.245. The minimum Gasteiger partial charge on any atom is -0.383 e. The van der Waals surface area contributed by atoms with Crippen molar-refractivity contribution < 1.29 is 4.39 Å². The molecule has 3 aromatic rings. The summed E-state index contributed by atoms with van der Waals surface area (Å²) in [6, 6.07) is 12.0. The van der Waals surface area contributed by atoms with Gasteiger partial charge in [-0.15, -0.1) is 0 Å². The maximum absolute atomic E-state index is 13.1. The summed E-state index contributed by atoms with van der Waals surface area (Å²) in [4.78, 5) is 0. The van der Waals surface area contributed by atoms with Gasteiger partial charge in [0.05, 0.1) is 10.5 Å². The fraction of sp³-hybridized carbons (Fsp3) is 0.125. The quantitative estimate of drug-likeness (QED) is 0.698. The summed E-state index contributed by atoms with van der Waals surface area (Å²) < 4.78 is 15.2. The van der Waals surface area contributed by atoms with Crippen molar-refractivity contribution in [1.82, 2.24) is 4.57 Å². The van der Waals surface area contributed by atoms with Crippen LogP contribution in [0.3, 0.4) is 0 Å². The smallest absolute Gasteiger partial charge is 0.125 e. The van der Waals surface area contributed by atoms with Crippen LogP contribution in [-0.2, 0) is 6.54 Å². The fourth-order valence-electron chi connectivity index (χ4n) is 2.33. The molecule has 0 aliphatic heterocycles. The molecule has 3 rings (SSSR count). The average Bonchev–Trinajstić information content (AvgIpc) is 2.82. The molecule has 2 nitrogen and oxygen atoms in total. The van der Waals surface area contributed by atoms with Gasteiger partial charge in [0.1, 0.15) is 5.82 Å². The summed E-state index contributed by atoms with van der Waals surface area (Å²) >= 11 is 12.2. The second kappa shape index (κ2) is 5.96. The highest BCUT2D eigenvalue weighted by Crippen LogP contribution is 2.28. The van der Waals surface area contributed by atoms with E-state index in [1.54, 1.807) is 12.1 Å². The molecule has 2 aromatic carbocycles. The van der Waals surface area contributed by atoms with Gasteiger partial charge in [-0.1, -0.05) is 29.3 Å². The second-order valence-electron chi connectivity index (χ2n) is 4.77. The third-order valence-electron chi connectivity index (χ3n) is 3.31. The Balaban J connectivity index is 1.74. The van der Waals surface area contributed by atoms with Gasteiger partial charge >= 0.3 is 0 Å². The molecule has 0 aliphatic carbocycles. The number of hydrogen-bond acceptors (Lipinski definition) is 1. The summed E-state index contributed by atoms with van der Waals surface area (Å²) in [6.45, 7) is 1.41. The van der Waals surface area contributed by atoms with Crippen LogP contribution in [0, 0.1) is 5.82 Å². The number of nitrogens with one attached hydrogen (secondary N) is 1. The van der Waals surface area contributed by atoms with Crippen LogP contribution in [0.1, 0.15) is 0 Å². The zero-order valence-corrected chi connectivity index (χ0v) is 12.6. The van der Waals surface area contributed by atoms with Crippen molar-refractivity contribution in [2.24, 2.45) is 0 Å². The molecule has 108 valence electrons. The van der Waals surface area contributed by atoms with Gasteiger partial charge in [-0.2, -0.15) is 0 Å². The van der Waals surface area contributed by atoms with Crippen LogP contribution in [-0.4, -0.2) is 11.1 Å². The highest BCUT2D eigenvalue weighted by Gasteiger charge is 2.06. The van der Waals surface area contributed by atoms with E-state index in [-0.39, 0.29) is 5.82 Å². The van der Waals surface area contributed by atoms with Crippen LogP contribution in [0.2, 0.25) is 10.0 Å². The molecule has 0 unspecified atom stereocenters. The monoisotopic (exact) mass is 322 g/mol. The van der Waals surface area contributed by atoms with Gasteiger partial charge < -0.3 is 9.88 Å².